The van der Waals surface area contributed by atoms with Crippen LogP contribution < -0.4 is 5.32 Å². The number of nitrogens with one attached hydrogen (secondary N) is 1. The van der Waals surface area contributed by atoms with Crippen LogP contribution in [0.25, 0.3) is 0 Å². The van der Waals surface area contributed by atoms with E-state index in [-0.39, 0.29) is 18.2 Å². The van der Waals surface area contributed by atoms with Crippen LogP contribution in [0.5, 0.6) is 0 Å². The van der Waals surface area contributed by atoms with Gasteiger partial charge >= 0.3 is 5.97 Å². The summed E-state index contributed by atoms with van der Waals surface area (Å²) in [7, 11) is 1.34. The van der Waals surface area contributed by atoms with Crippen molar-refractivity contribution in [2.45, 2.75) is 25.8 Å². The lowest BCUT2D eigenvalue weighted by Gasteiger charge is -2.16. The lowest BCUT2D eigenvalue weighted by atomic mass is 9.99. The van der Waals surface area contributed by atoms with Gasteiger partial charge in [0, 0.05) is 18.5 Å². The van der Waals surface area contributed by atoms with E-state index in [2.05, 4.69) is 16.6 Å². The monoisotopic (exact) mass is 275 g/mol. The molecule has 0 aliphatic heterocycles. The molecule has 1 N–H and O–H groups in total. The zero-order valence-electron chi connectivity index (χ0n) is 12.0. The number of carbonyl (C=O) groups excluding carboxylic acids is 2. The maximum Gasteiger partial charge on any atom is 0.305 e. The Hall–Kier alpha value is -1.94. The van der Waals surface area contributed by atoms with Crippen LogP contribution in [-0.4, -0.2) is 31.4 Å². The van der Waals surface area contributed by atoms with E-state index in [0.29, 0.717) is 18.5 Å². The van der Waals surface area contributed by atoms with E-state index in [1.807, 2.05) is 19.1 Å². The third-order valence-electron chi connectivity index (χ3n) is 3.03. The molecule has 0 fully saturated rings. The molecular formula is C16H21NO3. The van der Waals surface area contributed by atoms with E-state index in [1.165, 1.54) is 7.11 Å². The van der Waals surface area contributed by atoms with Gasteiger partial charge in [0.05, 0.1) is 13.2 Å². The first-order chi connectivity index (χ1) is 9.58. The number of carbonyl (C=O) groups is 2. The Balaban J connectivity index is 2.75. The highest BCUT2D eigenvalue weighted by Crippen LogP contribution is 2.10. The van der Waals surface area contributed by atoms with Crippen LogP contribution in [0.4, 0.5) is 0 Å². The van der Waals surface area contributed by atoms with Gasteiger partial charge in [-0.15, -0.1) is 6.58 Å². The van der Waals surface area contributed by atoms with Crippen LogP contribution in [0, 0.1) is 6.92 Å². The van der Waals surface area contributed by atoms with Gasteiger partial charge in [0.1, 0.15) is 0 Å². The van der Waals surface area contributed by atoms with E-state index in [0.717, 1.165) is 5.56 Å². The first-order valence-corrected chi connectivity index (χ1v) is 6.60. The van der Waals surface area contributed by atoms with Gasteiger partial charge in [0.2, 0.25) is 0 Å². The van der Waals surface area contributed by atoms with Crippen LogP contribution in [0.2, 0.25) is 0 Å². The van der Waals surface area contributed by atoms with Crippen molar-refractivity contribution < 1.29 is 14.3 Å². The third-order valence-corrected chi connectivity index (χ3v) is 3.03. The standard InChI is InChI=1S/C16H21NO3/c1-4-11-17-14(9-10-15(18)20-3)16(19)13-7-5-12(2)6-8-13/h4-8,14,17H,1,9-11H2,2-3H3. The van der Waals surface area contributed by atoms with Gasteiger partial charge in [0.25, 0.3) is 0 Å². The highest BCUT2D eigenvalue weighted by molar-refractivity contribution is 6.00. The molecule has 0 bridgehead atoms. The molecule has 0 aromatic heterocycles. The Labute approximate surface area is 119 Å². The number of hydrogen-bond acceptors (Lipinski definition) is 4. The zero-order chi connectivity index (χ0) is 15.0. The predicted molar refractivity (Wildman–Crippen MR) is 78.7 cm³/mol. The normalized spacial score (nSPS) is 11.7. The van der Waals surface area contributed by atoms with Crippen LogP contribution in [0.1, 0.15) is 28.8 Å². The van der Waals surface area contributed by atoms with Crippen molar-refractivity contribution in [1.82, 2.24) is 5.32 Å². The van der Waals surface area contributed by atoms with Crippen LogP contribution >= 0.6 is 0 Å². The molecule has 1 unspecified atom stereocenters. The molecule has 0 aliphatic carbocycles. The van der Waals surface area contributed by atoms with Crippen LogP contribution in [-0.2, 0) is 9.53 Å². The first kappa shape index (κ1) is 16.1. The Kier molecular flexibility index (Phi) is 6.67. The Morgan fingerprint density at radius 1 is 1.35 bits per heavy atom. The summed E-state index contributed by atoms with van der Waals surface area (Å²) in [4.78, 5) is 23.6. The minimum Gasteiger partial charge on any atom is -0.469 e. The third kappa shape index (κ3) is 4.97. The molecule has 0 spiro atoms. The second-order valence-electron chi connectivity index (χ2n) is 4.59. The quantitative estimate of drug-likeness (QED) is 0.449. The van der Waals surface area contributed by atoms with Crippen LogP contribution in [0.15, 0.2) is 36.9 Å². The summed E-state index contributed by atoms with van der Waals surface area (Å²) < 4.78 is 4.61. The number of hydrogen-bond donors (Lipinski definition) is 1. The number of ether oxygens (including phenoxy) is 1. The summed E-state index contributed by atoms with van der Waals surface area (Å²) in [6.45, 7) is 6.11. The summed E-state index contributed by atoms with van der Waals surface area (Å²) in [6.07, 6.45) is 2.31. The van der Waals surface area contributed by atoms with Crippen LogP contribution in [0.3, 0.4) is 0 Å². The molecule has 0 saturated heterocycles. The highest BCUT2D eigenvalue weighted by atomic mass is 16.5. The molecule has 0 saturated carbocycles. The van der Waals surface area contributed by atoms with Crippen molar-refractivity contribution in [3.63, 3.8) is 0 Å². The fourth-order valence-corrected chi connectivity index (χ4v) is 1.83. The Morgan fingerprint density at radius 2 is 2.00 bits per heavy atom. The predicted octanol–water partition coefficient (Wildman–Crippen LogP) is 2.28. The van der Waals surface area contributed by atoms with E-state index < -0.39 is 6.04 Å². The molecular weight excluding hydrogens is 254 g/mol. The molecule has 0 radical (unpaired) electrons. The molecule has 0 amide bonds. The molecule has 1 aromatic rings. The topological polar surface area (TPSA) is 55.4 Å². The number of aryl methyl sites for hydroxylation is 1. The molecule has 0 heterocycles. The van der Waals surface area contributed by atoms with Gasteiger partial charge in [-0.25, -0.2) is 0 Å². The first-order valence-electron chi connectivity index (χ1n) is 6.60. The number of ketones is 1. The average molecular weight is 275 g/mol. The molecule has 108 valence electrons. The van der Waals surface area contributed by atoms with Gasteiger partial charge in [-0.05, 0) is 13.3 Å². The Morgan fingerprint density at radius 3 is 2.55 bits per heavy atom. The maximum atomic E-state index is 12.4. The van der Waals surface area contributed by atoms with Gasteiger partial charge in [0.15, 0.2) is 5.78 Å². The molecule has 4 heteroatoms. The summed E-state index contributed by atoms with van der Waals surface area (Å²) in [6, 6.07) is 7.00. The minimum atomic E-state index is -0.408. The van der Waals surface area contributed by atoms with Crippen molar-refractivity contribution in [3.8, 4) is 0 Å². The number of Topliss-reactive ketones (excluding diaryl/α,β-unsaturated/α-hetero) is 1. The van der Waals surface area contributed by atoms with E-state index in [1.54, 1.807) is 18.2 Å². The smallest absolute Gasteiger partial charge is 0.305 e. The largest absolute Gasteiger partial charge is 0.469 e. The van der Waals surface area contributed by atoms with Crippen molar-refractivity contribution in [3.05, 3.63) is 48.0 Å². The SMILES string of the molecule is C=CCNC(CCC(=O)OC)C(=O)c1ccc(C)cc1. The average Bonchev–Trinajstić information content (AvgIpc) is 2.47. The fraction of sp³-hybridized carbons (Fsp3) is 0.375. The number of benzene rings is 1. The Bertz CT molecular complexity index is 465. The second kappa shape index (κ2) is 8.27. The van der Waals surface area contributed by atoms with Crippen molar-refractivity contribution >= 4 is 11.8 Å². The summed E-state index contributed by atoms with van der Waals surface area (Å²) in [5, 5.41) is 3.09. The molecule has 4 nitrogen and oxygen atoms in total. The summed E-state index contributed by atoms with van der Waals surface area (Å²) in [5.41, 5.74) is 1.74. The molecule has 1 atom stereocenters. The second-order valence-corrected chi connectivity index (χ2v) is 4.59. The number of methoxy groups -OCH3 is 1. The highest BCUT2D eigenvalue weighted by Gasteiger charge is 2.20. The lowest BCUT2D eigenvalue weighted by molar-refractivity contribution is -0.140. The molecule has 0 aliphatic rings. The fourth-order valence-electron chi connectivity index (χ4n) is 1.83. The summed E-state index contributed by atoms with van der Waals surface area (Å²) in [5.74, 6) is -0.331. The lowest BCUT2D eigenvalue weighted by Crippen LogP contribution is -2.37. The van der Waals surface area contributed by atoms with Gasteiger partial charge in [-0.3, -0.25) is 9.59 Å². The van der Waals surface area contributed by atoms with Gasteiger partial charge < -0.3 is 10.1 Å². The van der Waals surface area contributed by atoms with E-state index in [4.69, 9.17) is 0 Å². The molecule has 20 heavy (non-hydrogen) atoms. The van der Waals surface area contributed by atoms with Gasteiger partial charge in [-0.1, -0.05) is 35.9 Å². The van der Waals surface area contributed by atoms with Crippen molar-refractivity contribution in [2.24, 2.45) is 0 Å². The maximum absolute atomic E-state index is 12.4. The molecule has 1 aromatic carbocycles. The van der Waals surface area contributed by atoms with E-state index >= 15 is 0 Å². The van der Waals surface area contributed by atoms with E-state index in [9.17, 15) is 9.59 Å². The van der Waals surface area contributed by atoms with Crippen molar-refractivity contribution in [1.29, 1.82) is 0 Å². The number of esters is 1. The molecule has 1 rings (SSSR count). The van der Waals surface area contributed by atoms with Crippen molar-refractivity contribution in [2.75, 3.05) is 13.7 Å². The summed E-state index contributed by atoms with van der Waals surface area (Å²) >= 11 is 0. The van der Waals surface area contributed by atoms with Gasteiger partial charge in [-0.2, -0.15) is 0 Å². The number of rotatable bonds is 8. The minimum absolute atomic E-state index is 0.0178. The zero-order valence-corrected chi connectivity index (χ0v) is 12.0.